The van der Waals surface area contributed by atoms with Crippen molar-refractivity contribution in [3.05, 3.63) is 52.7 Å². The maximum atomic E-state index is 5.96. The van der Waals surface area contributed by atoms with E-state index in [2.05, 4.69) is 60.5 Å². The van der Waals surface area contributed by atoms with Gasteiger partial charge >= 0.3 is 0 Å². The average Bonchev–Trinajstić information content (AvgIpc) is 2.59. The zero-order valence-corrected chi connectivity index (χ0v) is 17.3. The van der Waals surface area contributed by atoms with Gasteiger partial charge in [-0.25, -0.2) is 4.98 Å². The molecule has 0 aliphatic heterocycles. The third kappa shape index (κ3) is 7.56. The number of nitrogens with two attached hydrogens (primary N) is 1. The molecule has 3 N–H and O–H groups in total. The number of anilines is 1. The van der Waals surface area contributed by atoms with Crippen LogP contribution in [0, 0.1) is 6.92 Å². The highest BCUT2D eigenvalue weighted by Crippen LogP contribution is 2.26. The molecule has 0 bridgehead atoms. The van der Waals surface area contributed by atoms with Gasteiger partial charge in [-0.15, -0.1) is 0 Å². The van der Waals surface area contributed by atoms with Crippen molar-refractivity contribution in [1.82, 2.24) is 4.98 Å². The van der Waals surface area contributed by atoms with Crippen molar-refractivity contribution in [3.63, 3.8) is 0 Å². The first kappa shape index (κ1) is 22.8. The summed E-state index contributed by atoms with van der Waals surface area (Å²) in [5, 5.41) is 0.690. The number of nitrogens with zero attached hydrogens (tertiary/aromatic N) is 1. The van der Waals surface area contributed by atoms with E-state index < -0.39 is 0 Å². The molecule has 0 saturated heterocycles. The standard InChI is InChI=1S/C16H19ClN2S.C2H6.CH5N/c1-11-14(17)9-10-15(18-11)19-20-13-7-5-12(6-8-13)16(2,3)4;2*1-2/h5-10H,1-4H3,(H,18,19);1-2H3;2H2,1H3. The van der Waals surface area contributed by atoms with E-state index in [0.717, 1.165) is 16.4 Å². The number of rotatable bonds is 3. The van der Waals surface area contributed by atoms with Gasteiger partial charge in [0.05, 0.1) is 10.7 Å². The number of aryl methyl sites for hydroxylation is 1. The molecule has 24 heavy (non-hydrogen) atoms. The highest BCUT2D eigenvalue weighted by atomic mass is 35.5. The second-order valence-corrected chi connectivity index (χ2v) is 7.03. The van der Waals surface area contributed by atoms with Gasteiger partial charge in [0, 0.05) is 4.90 Å². The first-order valence-corrected chi connectivity index (χ1v) is 9.30. The van der Waals surface area contributed by atoms with E-state index >= 15 is 0 Å². The van der Waals surface area contributed by atoms with Gasteiger partial charge in [-0.3, -0.25) is 0 Å². The number of pyridine rings is 1. The van der Waals surface area contributed by atoms with Crippen molar-refractivity contribution in [2.24, 2.45) is 5.73 Å². The van der Waals surface area contributed by atoms with E-state index in [1.807, 2.05) is 32.9 Å². The van der Waals surface area contributed by atoms with Crippen molar-refractivity contribution >= 4 is 29.4 Å². The Hall–Kier alpha value is -1.23. The zero-order chi connectivity index (χ0) is 18.8. The minimum absolute atomic E-state index is 0.186. The number of hydrogen-bond acceptors (Lipinski definition) is 4. The number of aromatic nitrogens is 1. The highest BCUT2D eigenvalue weighted by molar-refractivity contribution is 8.00. The Bertz CT molecular complexity index is 593. The lowest BCUT2D eigenvalue weighted by molar-refractivity contribution is 0.590. The van der Waals surface area contributed by atoms with E-state index in [9.17, 15) is 0 Å². The van der Waals surface area contributed by atoms with Gasteiger partial charge in [0.1, 0.15) is 5.82 Å². The zero-order valence-electron chi connectivity index (χ0n) is 15.8. The molecule has 0 radical (unpaired) electrons. The predicted octanol–water partition coefficient (Wildman–Crippen LogP) is 6.06. The van der Waals surface area contributed by atoms with Gasteiger partial charge in [0.2, 0.25) is 0 Å². The second-order valence-electron chi connectivity index (χ2n) is 5.74. The quantitative estimate of drug-likeness (QED) is 0.647. The molecular weight excluding hydrogens is 338 g/mol. The Morgan fingerprint density at radius 1 is 1.00 bits per heavy atom. The van der Waals surface area contributed by atoms with Gasteiger partial charge < -0.3 is 10.5 Å². The summed E-state index contributed by atoms with van der Waals surface area (Å²) >= 11 is 7.51. The third-order valence-corrected chi connectivity index (χ3v) is 4.23. The summed E-state index contributed by atoms with van der Waals surface area (Å²) in [7, 11) is 1.50. The van der Waals surface area contributed by atoms with Crippen molar-refractivity contribution in [3.8, 4) is 0 Å². The normalized spacial score (nSPS) is 10.0. The van der Waals surface area contributed by atoms with Crippen LogP contribution in [0.1, 0.15) is 45.9 Å². The fraction of sp³-hybridized carbons (Fsp3) is 0.421. The molecule has 2 aromatic rings. The van der Waals surface area contributed by atoms with Gasteiger partial charge in [-0.1, -0.05) is 58.4 Å². The van der Waals surface area contributed by atoms with Crippen LogP contribution in [0.15, 0.2) is 41.3 Å². The Balaban J connectivity index is 0.00000123. The Kier molecular flexibility index (Phi) is 10.8. The number of benzene rings is 1. The first-order chi connectivity index (χ1) is 11.4. The summed E-state index contributed by atoms with van der Waals surface area (Å²) in [6, 6.07) is 12.3. The van der Waals surface area contributed by atoms with E-state index in [-0.39, 0.29) is 5.41 Å². The summed E-state index contributed by atoms with van der Waals surface area (Å²) < 4.78 is 3.23. The van der Waals surface area contributed by atoms with Crippen LogP contribution in [-0.4, -0.2) is 12.0 Å². The van der Waals surface area contributed by atoms with Gasteiger partial charge in [-0.05, 0) is 61.2 Å². The lowest BCUT2D eigenvalue weighted by atomic mass is 9.87. The van der Waals surface area contributed by atoms with Crippen LogP contribution in [0.4, 0.5) is 5.82 Å². The van der Waals surface area contributed by atoms with Crippen LogP contribution in [0.2, 0.25) is 5.02 Å². The maximum Gasteiger partial charge on any atom is 0.136 e. The summed E-state index contributed by atoms with van der Waals surface area (Å²) in [5.41, 5.74) is 6.86. The van der Waals surface area contributed by atoms with Crippen molar-refractivity contribution in [1.29, 1.82) is 0 Å². The van der Waals surface area contributed by atoms with Crippen LogP contribution < -0.4 is 10.5 Å². The molecular formula is C19H30ClN3S. The highest BCUT2D eigenvalue weighted by Gasteiger charge is 2.12. The van der Waals surface area contributed by atoms with Gasteiger partial charge in [0.25, 0.3) is 0 Å². The second kappa shape index (κ2) is 11.3. The Morgan fingerprint density at radius 3 is 2.00 bits per heavy atom. The van der Waals surface area contributed by atoms with Crippen LogP contribution in [0.25, 0.3) is 0 Å². The molecule has 1 heterocycles. The Labute approximate surface area is 156 Å². The minimum atomic E-state index is 0.186. The van der Waals surface area contributed by atoms with Gasteiger partial charge in [-0.2, -0.15) is 0 Å². The maximum absolute atomic E-state index is 5.96. The molecule has 1 aromatic carbocycles. The molecule has 3 nitrogen and oxygen atoms in total. The molecule has 0 aliphatic rings. The fourth-order valence-corrected chi connectivity index (χ4v) is 2.45. The molecule has 5 heteroatoms. The van der Waals surface area contributed by atoms with Crippen molar-refractivity contribution in [2.75, 3.05) is 11.8 Å². The molecule has 0 unspecified atom stereocenters. The lowest BCUT2D eigenvalue weighted by Crippen LogP contribution is -2.10. The number of hydrogen-bond donors (Lipinski definition) is 2. The van der Waals surface area contributed by atoms with Crippen molar-refractivity contribution < 1.29 is 0 Å². The summed E-state index contributed by atoms with van der Waals surface area (Å²) in [6.45, 7) is 12.5. The number of nitrogens with one attached hydrogen (secondary N) is 1. The van der Waals surface area contributed by atoms with E-state index in [1.54, 1.807) is 11.9 Å². The van der Waals surface area contributed by atoms with Crippen LogP contribution >= 0.6 is 23.5 Å². The predicted molar refractivity (Wildman–Crippen MR) is 110 cm³/mol. The third-order valence-electron chi connectivity index (χ3n) is 3.02. The summed E-state index contributed by atoms with van der Waals surface area (Å²) in [6.07, 6.45) is 0. The molecule has 0 saturated carbocycles. The molecule has 0 aliphatic carbocycles. The first-order valence-electron chi connectivity index (χ1n) is 8.10. The van der Waals surface area contributed by atoms with Crippen LogP contribution in [-0.2, 0) is 5.41 Å². The molecule has 134 valence electrons. The smallest absolute Gasteiger partial charge is 0.136 e. The minimum Gasteiger partial charge on any atom is -0.333 e. The molecule has 0 spiro atoms. The fourth-order valence-electron chi connectivity index (χ4n) is 1.74. The summed E-state index contributed by atoms with van der Waals surface area (Å²) in [5.74, 6) is 0.816. The topological polar surface area (TPSA) is 50.9 Å². The van der Waals surface area contributed by atoms with E-state index in [4.69, 9.17) is 11.6 Å². The van der Waals surface area contributed by atoms with Gasteiger partial charge in [0.15, 0.2) is 0 Å². The molecule has 0 amide bonds. The molecule has 0 atom stereocenters. The van der Waals surface area contributed by atoms with E-state index in [1.165, 1.54) is 12.6 Å². The largest absolute Gasteiger partial charge is 0.333 e. The lowest BCUT2D eigenvalue weighted by Gasteiger charge is -2.19. The van der Waals surface area contributed by atoms with Crippen LogP contribution in [0.3, 0.4) is 0 Å². The van der Waals surface area contributed by atoms with Crippen molar-refractivity contribution in [2.45, 2.75) is 51.9 Å². The summed E-state index contributed by atoms with van der Waals surface area (Å²) in [4.78, 5) is 5.54. The monoisotopic (exact) mass is 367 g/mol. The molecule has 0 fully saturated rings. The average molecular weight is 368 g/mol. The number of halogens is 1. The van der Waals surface area contributed by atoms with E-state index in [0.29, 0.717) is 5.02 Å². The molecule has 2 rings (SSSR count). The molecule has 1 aromatic heterocycles. The SMILES string of the molecule is CC.CN.Cc1nc(NSc2ccc(C(C)(C)C)cc2)ccc1Cl. The van der Waals surface area contributed by atoms with Crippen LogP contribution in [0.5, 0.6) is 0 Å². The Morgan fingerprint density at radius 2 is 1.54 bits per heavy atom.